The smallest absolute Gasteiger partial charge is 0.388 e. The number of hydrogen-bond donors (Lipinski definition) is 1. The van der Waals surface area contributed by atoms with Gasteiger partial charge in [0.05, 0.1) is 5.56 Å². The molecule has 0 unspecified atom stereocenters. The van der Waals surface area contributed by atoms with Crippen LogP contribution in [0.25, 0.3) is 0 Å². The van der Waals surface area contributed by atoms with Crippen molar-refractivity contribution in [3.05, 3.63) is 29.8 Å². The van der Waals surface area contributed by atoms with Crippen LogP contribution in [0.2, 0.25) is 0 Å². The Labute approximate surface area is 80.4 Å². The molecule has 0 aliphatic carbocycles. The largest absolute Gasteiger partial charge is 0.416 e. The van der Waals surface area contributed by atoms with Gasteiger partial charge in [0.25, 0.3) is 0 Å². The van der Waals surface area contributed by atoms with Crippen molar-refractivity contribution in [1.82, 2.24) is 0 Å². The molecule has 1 rings (SSSR count). The van der Waals surface area contributed by atoms with Gasteiger partial charge in [-0.2, -0.15) is 13.2 Å². The molecule has 0 amide bonds. The molecule has 74 valence electrons. The van der Waals surface area contributed by atoms with Crippen LogP contribution in [0.15, 0.2) is 24.3 Å². The molecule has 1 aromatic rings. The molecule has 13 heavy (non-hydrogen) atoms. The van der Waals surface area contributed by atoms with Gasteiger partial charge >= 0.3 is 6.18 Å². The molecule has 0 spiro atoms. The third kappa shape index (κ3) is 3.14. The van der Waals surface area contributed by atoms with Gasteiger partial charge in [-0.25, -0.2) is 0 Å². The van der Waals surface area contributed by atoms with Gasteiger partial charge in [0.1, 0.15) is 0 Å². The highest BCUT2D eigenvalue weighted by Crippen LogP contribution is 2.30. The summed E-state index contributed by atoms with van der Waals surface area (Å²) in [5, 5.41) is 2.64. The first kappa shape index (κ1) is 12.1. The summed E-state index contributed by atoms with van der Waals surface area (Å²) in [6, 6.07) is 5.06. The van der Waals surface area contributed by atoms with Gasteiger partial charge < -0.3 is 5.32 Å². The molecule has 1 N–H and O–H groups in total. The van der Waals surface area contributed by atoms with Crippen molar-refractivity contribution in [2.45, 2.75) is 6.18 Å². The van der Waals surface area contributed by atoms with E-state index in [1.54, 1.807) is 13.1 Å². The third-order valence-electron chi connectivity index (χ3n) is 1.48. The Hall–Kier alpha value is -0.900. The maximum absolute atomic E-state index is 12.1. The van der Waals surface area contributed by atoms with E-state index >= 15 is 0 Å². The molecule has 5 heteroatoms. The Morgan fingerprint density at radius 1 is 1.23 bits per heavy atom. The van der Waals surface area contributed by atoms with E-state index in [9.17, 15) is 13.2 Å². The standard InChI is InChI=1S/C8H8F3N.ClH/c1-12-7-4-2-3-6(5-7)8(9,10)11;/h2-5,12H,1H3;1H. The Kier molecular flexibility index (Phi) is 4.07. The first-order chi connectivity index (χ1) is 5.54. The molecule has 1 aromatic carbocycles. The van der Waals surface area contributed by atoms with E-state index in [0.717, 1.165) is 12.1 Å². The van der Waals surface area contributed by atoms with Crippen LogP contribution in [0.1, 0.15) is 5.56 Å². The number of nitrogens with one attached hydrogen (secondary N) is 1. The van der Waals surface area contributed by atoms with Crippen LogP contribution in [0.3, 0.4) is 0 Å². The minimum absolute atomic E-state index is 0. The molecular formula is C8H9ClF3N. The van der Waals surface area contributed by atoms with Gasteiger partial charge in [0, 0.05) is 12.7 Å². The van der Waals surface area contributed by atoms with Crippen LogP contribution < -0.4 is 5.32 Å². The number of rotatable bonds is 1. The normalized spacial score (nSPS) is 10.5. The van der Waals surface area contributed by atoms with Crippen molar-refractivity contribution in [3.8, 4) is 0 Å². The van der Waals surface area contributed by atoms with Gasteiger partial charge in [-0.3, -0.25) is 0 Å². The quantitative estimate of drug-likeness (QED) is 0.753. The maximum Gasteiger partial charge on any atom is 0.416 e. The number of halogens is 4. The number of hydrogen-bond acceptors (Lipinski definition) is 1. The van der Waals surface area contributed by atoms with Gasteiger partial charge in [0.2, 0.25) is 0 Å². The van der Waals surface area contributed by atoms with Crippen LogP contribution >= 0.6 is 12.4 Å². The summed E-state index contributed by atoms with van der Waals surface area (Å²) in [5.74, 6) is 0. The highest BCUT2D eigenvalue weighted by Gasteiger charge is 2.30. The van der Waals surface area contributed by atoms with Crippen LogP contribution in [-0.2, 0) is 6.18 Å². The van der Waals surface area contributed by atoms with Gasteiger partial charge in [-0.1, -0.05) is 6.07 Å². The van der Waals surface area contributed by atoms with Crippen molar-refractivity contribution < 1.29 is 13.2 Å². The zero-order valence-corrected chi connectivity index (χ0v) is 7.67. The summed E-state index contributed by atoms with van der Waals surface area (Å²) >= 11 is 0. The lowest BCUT2D eigenvalue weighted by Gasteiger charge is -2.07. The minimum atomic E-state index is -4.26. The molecule has 0 radical (unpaired) electrons. The summed E-state index contributed by atoms with van der Waals surface area (Å²) in [5.41, 5.74) is -0.167. The SMILES string of the molecule is CNc1cccc(C(F)(F)F)c1.Cl. The van der Waals surface area contributed by atoms with E-state index in [4.69, 9.17) is 0 Å². The molecule has 0 aliphatic rings. The third-order valence-corrected chi connectivity index (χ3v) is 1.48. The highest BCUT2D eigenvalue weighted by atomic mass is 35.5. The summed E-state index contributed by atoms with van der Waals surface area (Å²) in [6.45, 7) is 0. The first-order valence-corrected chi connectivity index (χ1v) is 3.39. The fourth-order valence-electron chi connectivity index (χ4n) is 0.851. The molecule has 0 heterocycles. The molecule has 0 saturated carbocycles. The van der Waals surface area contributed by atoms with Gasteiger partial charge in [-0.05, 0) is 18.2 Å². The molecule has 0 fully saturated rings. The second-order valence-corrected chi connectivity index (χ2v) is 2.33. The van der Waals surface area contributed by atoms with Crippen LogP contribution in [0.5, 0.6) is 0 Å². The zero-order valence-electron chi connectivity index (χ0n) is 6.85. The molecular weight excluding hydrogens is 203 g/mol. The Morgan fingerprint density at radius 2 is 1.85 bits per heavy atom. The second kappa shape index (κ2) is 4.37. The lowest BCUT2D eigenvalue weighted by Crippen LogP contribution is -2.04. The fraction of sp³-hybridized carbons (Fsp3) is 0.250. The van der Waals surface area contributed by atoms with Gasteiger partial charge in [0.15, 0.2) is 0 Å². The van der Waals surface area contributed by atoms with Crippen LogP contribution in [0, 0.1) is 0 Å². The molecule has 0 bridgehead atoms. The van der Waals surface area contributed by atoms with E-state index < -0.39 is 11.7 Å². The van der Waals surface area contributed by atoms with Gasteiger partial charge in [-0.15, -0.1) is 12.4 Å². The highest BCUT2D eigenvalue weighted by molar-refractivity contribution is 5.85. The number of alkyl halides is 3. The van der Waals surface area contributed by atoms with Crippen LogP contribution in [0.4, 0.5) is 18.9 Å². The monoisotopic (exact) mass is 211 g/mol. The summed E-state index contributed by atoms with van der Waals surface area (Å²) in [7, 11) is 1.58. The van der Waals surface area contributed by atoms with Crippen molar-refractivity contribution in [3.63, 3.8) is 0 Å². The predicted molar refractivity (Wildman–Crippen MR) is 48.2 cm³/mol. The lowest BCUT2D eigenvalue weighted by molar-refractivity contribution is -0.137. The topological polar surface area (TPSA) is 12.0 Å². The number of benzene rings is 1. The van der Waals surface area contributed by atoms with Crippen molar-refractivity contribution in [2.75, 3.05) is 12.4 Å². The average molecular weight is 212 g/mol. The van der Waals surface area contributed by atoms with E-state index in [2.05, 4.69) is 5.32 Å². The minimum Gasteiger partial charge on any atom is -0.388 e. The number of anilines is 1. The second-order valence-electron chi connectivity index (χ2n) is 2.33. The van der Waals surface area contributed by atoms with Crippen LogP contribution in [-0.4, -0.2) is 7.05 Å². The van der Waals surface area contributed by atoms with E-state index in [-0.39, 0.29) is 12.4 Å². The van der Waals surface area contributed by atoms with Crippen molar-refractivity contribution >= 4 is 18.1 Å². The molecule has 0 aliphatic heterocycles. The summed E-state index contributed by atoms with van der Waals surface area (Å²) in [4.78, 5) is 0. The summed E-state index contributed by atoms with van der Waals surface area (Å²) in [6.07, 6.45) is -4.26. The van der Waals surface area contributed by atoms with E-state index in [1.165, 1.54) is 6.07 Å². The maximum atomic E-state index is 12.1. The Bertz CT molecular complexity index is 272. The molecule has 0 atom stereocenters. The first-order valence-electron chi connectivity index (χ1n) is 3.39. The molecule has 0 saturated heterocycles. The predicted octanol–water partition coefficient (Wildman–Crippen LogP) is 3.17. The zero-order chi connectivity index (χ0) is 9.19. The molecule has 0 aromatic heterocycles. The lowest BCUT2D eigenvalue weighted by atomic mass is 10.2. The van der Waals surface area contributed by atoms with E-state index in [0.29, 0.717) is 5.69 Å². The Balaban J connectivity index is 0.00000144. The average Bonchev–Trinajstić information content (AvgIpc) is 2.03. The van der Waals surface area contributed by atoms with Crippen molar-refractivity contribution in [2.24, 2.45) is 0 Å². The van der Waals surface area contributed by atoms with E-state index in [1.807, 2.05) is 0 Å². The fourth-order valence-corrected chi connectivity index (χ4v) is 0.851. The Morgan fingerprint density at radius 3 is 2.31 bits per heavy atom. The summed E-state index contributed by atoms with van der Waals surface area (Å²) < 4.78 is 36.2. The van der Waals surface area contributed by atoms with Crippen molar-refractivity contribution in [1.29, 1.82) is 0 Å². The molecule has 1 nitrogen and oxygen atoms in total.